The van der Waals surface area contributed by atoms with E-state index < -0.39 is 0 Å². The van der Waals surface area contributed by atoms with Gasteiger partial charge < -0.3 is 0 Å². The number of benzene rings is 1. The number of anilines is 1. The number of hydrogen-bond donors (Lipinski definition) is 1. The number of thiazole rings is 1. The summed E-state index contributed by atoms with van der Waals surface area (Å²) in [6, 6.07) is 6.84. The summed E-state index contributed by atoms with van der Waals surface area (Å²) < 4.78 is 0. The molecule has 0 aliphatic carbocycles. The van der Waals surface area contributed by atoms with Gasteiger partial charge >= 0.3 is 0 Å². The predicted octanol–water partition coefficient (Wildman–Crippen LogP) is 4.17. The molecule has 1 heterocycles. The lowest BCUT2D eigenvalue weighted by Gasteiger charge is -2.02. The van der Waals surface area contributed by atoms with E-state index in [-0.39, 0.29) is 5.91 Å². The molecule has 5 heteroatoms. The molecule has 0 radical (unpaired) electrons. The van der Waals surface area contributed by atoms with Crippen molar-refractivity contribution in [3.63, 3.8) is 0 Å². The quantitative estimate of drug-likeness (QED) is 0.917. The van der Waals surface area contributed by atoms with E-state index in [0.717, 1.165) is 4.88 Å². The molecule has 94 valence electrons. The van der Waals surface area contributed by atoms with Crippen LogP contribution in [0.25, 0.3) is 0 Å². The van der Waals surface area contributed by atoms with Crippen molar-refractivity contribution in [2.24, 2.45) is 0 Å². The van der Waals surface area contributed by atoms with E-state index in [1.807, 2.05) is 0 Å². The predicted molar refractivity (Wildman–Crippen MR) is 75.6 cm³/mol. The average molecular weight is 281 g/mol. The third-order valence-corrected chi connectivity index (χ3v) is 3.85. The Morgan fingerprint density at radius 1 is 1.44 bits per heavy atom. The number of carbonyl (C=O) groups is 1. The van der Waals surface area contributed by atoms with Gasteiger partial charge in [-0.15, -0.1) is 11.3 Å². The topological polar surface area (TPSA) is 42.0 Å². The molecule has 2 aromatic rings. The van der Waals surface area contributed by atoms with Crippen molar-refractivity contribution in [1.29, 1.82) is 0 Å². The second kappa shape index (κ2) is 5.50. The Balaban J connectivity index is 2.11. The Bertz CT molecular complexity index is 566. The normalized spacial score (nSPS) is 10.7. The van der Waals surface area contributed by atoms with E-state index in [1.165, 1.54) is 11.3 Å². The van der Waals surface area contributed by atoms with Crippen molar-refractivity contribution in [3.8, 4) is 0 Å². The van der Waals surface area contributed by atoms with Crippen molar-refractivity contribution < 1.29 is 4.79 Å². The maximum absolute atomic E-state index is 11.9. The van der Waals surface area contributed by atoms with E-state index >= 15 is 0 Å². The first-order chi connectivity index (χ1) is 8.56. The molecule has 3 nitrogen and oxygen atoms in total. The maximum atomic E-state index is 11.9. The lowest BCUT2D eigenvalue weighted by atomic mass is 10.2. The number of halogens is 1. The number of aromatic nitrogens is 1. The summed E-state index contributed by atoms with van der Waals surface area (Å²) >= 11 is 7.34. The molecule has 0 aliphatic heterocycles. The van der Waals surface area contributed by atoms with Gasteiger partial charge in [-0.3, -0.25) is 10.1 Å². The van der Waals surface area contributed by atoms with Crippen LogP contribution in [0.1, 0.15) is 35.0 Å². The Hall–Kier alpha value is -1.39. The fourth-order valence-electron chi connectivity index (χ4n) is 1.41. The molecule has 0 spiro atoms. The first-order valence-corrected chi connectivity index (χ1v) is 6.78. The maximum Gasteiger partial charge on any atom is 0.257 e. The van der Waals surface area contributed by atoms with Crippen LogP contribution in [0.15, 0.2) is 30.5 Å². The van der Waals surface area contributed by atoms with Crippen LogP contribution in [0.3, 0.4) is 0 Å². The number of hydrogen-bond acceptors (Lipinski definition) is 3. The molecule has 1 aromatic carbocycles. The van der Waals surface area contributed by atoms with Crippen LogP contribution in [0, 0.1) is 0 Å². The molecule has 0 fully saturated rings. The summed E-state index contributed by atoms with van der Waals surface area (Å²) in [5, 5.41) is 3.93. The van der Waals surface area contributed by atoms with Gasteiger partial charge in [-0.05, 0) is 24.1 Å². The van der Waals surface area contributed by atoms with Gasteiger partial charge in [0.2, 0.25) is 0 Å². The van der Waals surface area contributed by atoms with Gasteiger partial charge in [-0.2, -0.15) is 0 Å². The molecule has 2 rings (SSSR count). The molecule has 0 unspecified atom stereocenters. The van der Waals surface area contributed by atoms with Gasteiger partial charge in [-0.25, -0.2) is 4.98 Å². The van der Waals surface area contributed by atoms with Crippen molar-refractivity contribution in [2.45, 2.75) is 19.8 Å². The molecule has 1 amide bonds. The van der Waals surface area contributed by atoms with Crippen LogP contribution < -0.4 is 5.32 Å². The Labute approximate surface area is 115 Å². The zero-order chi connectivity index (χ0) is 13.1. The van der Waals surface area contributed by atoms with Crippen molar-refractivity contribution in [3.05, 3.63) is 45.9 Å². The zero-order valence-corrected chi connectivity index (χ0v) is 11.7. The Morgan fingerprint density at radius 2 is 2.22 bits per heavy atom. The summed E-state index contributed by atoms with van der Waals surface area (Å²) in [5.74, 6) is 0.224. The second-order valence-electron chi connectivity index (χ2n) is 4.19. The van der Waals surface area contributed by atoms with Gasteiger partial charge in [0.05, 0.1) is 0 Å². The molecule has 0 saturated heterocycles. The average Bonchev–Trinajstić information content (AvgIpc) is 2.77. The molecule has 1 N–H and O–H groups in total. The third kappa shape index (κ3) is 3.09. The molecule has 0 saturated carbocycles. The van der Waals surface area contributed by atoms with E-state index in [0.29, 0.717) is 21.6 Å². The van der Waals surface area contributed by atoms with Crippen LogP contribution in [-0.4, -0.2) is 10.9 Å². The molecule has 1 aromatic heterocycles. The number of amides is 1. The largest absolute Gasteiger partial charge is 0.298 e. The van der Waals surface area contributed by atoms with Crippen LogP contribution in [0.2, 0.25) is 5.02 Å². The summed E-state index contributed by atoms with van der Waals surface area (Å²) in [6.07, 6.45) is 1.79. The van der Waals surface area contributed by atoms with Crippen molar-refractivity contribution >= 4 is 34.0 Å². The zero-order valence-electron chi connectivity index (χ0n) is 10.1. The van der Waals surface area contributed by atoms with E-state index in [4.69, 9.17) is 11.6 Å². The molecule has 18 heavy (non-hydrogen) atoms. The minimum atomic E-state index is -0.192. The fourth-order valence-corrected chi connectivity index (χ4v) is 2.41. The SMILES string of the molecule is CC(C)c1cnc(NC(=O)c2cccc(Cl)c2)s1. The van der Waals surface area contributed by atoms with Gasteiger partial charge in [0.1, 0.15) is 0 Å². The molecule has 0 aliphatic rings. The Kier molecular flexibility index (Phi) is 3.99. The van der Waals surface area contributed by atoms with E-state index in [2.05, 4.69) is 24.1 Å². The van der Waals surface area contributed by atoms with Gasteiger partial charge in [-0.1, -0.05) is 31.5 Å². The molecular weight excluding hydrogens is 268 g/mol. The minimum Gasteiger partial charge on any atom is -0.298 e. The van der Waals surface area contributed by atoms with Crippen molar-refractivity contribution in [1.82, 2.24) is 4.98 Å². The van der Waals surface area contributed by atoms with Gasteiger partial charge in [0.25, 0.3) is 5.91 Å². The van der Waals surface area contributed by atoms with Crippen LogP contribution >= 0.6 is 22.9 Å². The van der Waals surface area contributed by atoms with E-state index in [9.17, 15) is 4.79 Å². The number of rotatable bonds is 3. The monoisotopic (exact) mass is 280 g/mol. The molecular formula is C13H13ClN2OS. The minimum absolute atomic E-state index is 0.192. The summed E-state index contributed by atoms with van der Waals surface area (Å²) in [4.78, 5) is 17.3. The third-order valence-electron chi connectivity index (χ3n) is 2.40. The van der Waals surface area contributed by atoms with Crippen LogP contribution in [-0.2, 0) is 0 Å². The second-order valence-corrected chi connectivity index (χ2v) is 5.69. The van der Waals surface area contributed by atoms with E-state index in [1.54, 1.807) is 30.5 Å². The Morgan fingerprint density at radius 3 is 2.83 bits per heavy atom. The lowest BCUT2D eigenvalue weighted by Crippen LogP contribution is -2.11. The lowest BCUT2D eigenvalue weighted by molar-refractivity contribution is 0.102. The highest BCUT2D eigenvalue weighted by molar-refractivity contribution is 7.15. The smallest absolute Gasteiger partial charge is 0.257 e. The molecule has 0 bridgehead atoms. The van der Waals surface area contributed by atoms with Crippen molar-refractivity contribution in [2.75, 3.05) is 5.32 Å². The first kappa shape index (κ1) is 13.1. The highest BCUT2D eigenvalue weighted by Crippen LogP contribution is 2.25. The number of carbonyl (C=O) groups excluding carboxylic acids is 1. The standard InChI is InChI=1S/C13H13ClN2OS/c1-8(2)11-7-15-13(18-11)16-12(17)9-4-3-5-10(14)6-9/h3-8H,1-2H3,(H,15,16,17). The molecule has 0 atom stereocenters. The summed E-state index contributed by atoms with van der Waals surface area (Å²) in [5.41, 5.74) is 0.531. The number of nitrogens with one attached hydrogen (secondary N) is 1. The van der Waals surface area contributed by atoms with Crippen LogP contribution in [0.4, 0.5) is 5.13 Å². The first-order valence-electron chi connectivity index (χ1n) is 5.59. The summed E-state index contributed by atoms with van der Waals surface area (Å²) in [7, 11) is 0. The highest BCUT2D eigenvalue weighted by Gasteiger charge is 2.10. The number of nitrogens with zero attached hydrogens (tertiary/aromatic N) is 1. The van der Waals surface area contributed by atoms with Gasteiger partial charge in [0.15, 0.2) is 5.13 Å². The van der Waals surface area contributed by atoms with Gasteiger partial charge in [0, 0.05) is 21.7 Å². The highest BCUT2D eigenvalue weighted by atomic mass is 35.5. The van der Waals surface area contributed by atoms with Crippen LogP contribution in [0.5, 0.6) is 0 Å². The summed E-state index contributed by atoms with van der Waals surface area (Å²) in [6.45, 7) is 4.19. The fraction of sp³-hybridized carbons (Fsp3) is 0.231.